The van der Waals surface area contributed by atoms with Crippen molar-refractivity contribution in [3.05, 3.63) is 35.4 Å². The molecule has 0 radical (unpaired) electrons. The number of carbonyl (C=O) groups excluding carboxylic acids is 1. The van der Waals surface area contributed by atoms with E-state index in [1.807, 2.05) is 0 Å². The SMILES string of the molecule is O=C(O)c1ccccc1C1CCNC1=O. The number of hydrogen-bond donors (Lipinski definition) is 2. The number of amides is 1. The van der Waals surface area contributed by atoms with Gasteiger partial charge in [0.25, 0.3) is 0 Å². The molecule has 1 aromatic rings. The van der Waals surface area contributed by atoms with Gasteiger partial charge in [0.2, 0.25) is 5.91 Å². The van der Waals surface area contributed by atoms with Gasteiger partial charge < -0.3 is 10.4 Å². The van der Waals surface area contributed by atoms with Gasteiger partial charge in [-0.25, -0.2) is 4.79 Å². The summed E-state index contributed by atoms with van der Waals surface area (Å²) in [6, 6.07) is 6.66. The van der Waals surface area contributed by atoms with E-state index in [9.17, 15) is 9.59 Å². The zero-order valence-electron chi connectivity index (χ0n) is 8.06. The molecule has 78 valence electrons. The van der Waals surface area contributed by atoms with Crippen LogP contribution in [0.2, 0.25) is 0 Å². The fourth-order valence-electron chi connectivity index (χ4n) is 1.89. The third kappa shape index (κ3) is 1.70. The lowest BCUT2D eigenvalue weighted by atomic mass is 9.93. The zero-order valence-corrected chi connectivity index (χ0v) is 8.06. The molecule has 0 spiro atoms. The molecule has 1 aromatic carbocycles. The van der Waals surface area contributed by atoms with E-state index in [-0.39, 0.29) is 17.4 Å². The Kier molecular flexibility index (Phi) is 2.41. The van der Waals surface area contributed by atoms with Crippen LogP contribution >= 0.6 is 0 Å². The first-order chi connectivity index (χ1) is 7.20. The lowest BCUT2D eigenvalue weighted by Gasteiger charge is -2.10. The maximum Gasteiger partial charge on any atom is 0.335 e. The van der Waals surface area contributed by atoms with E-state index in [2.05, 4.69) is 5.32 Å². The average molecular weight is 205 g/mol. The highest BCUT2D eigenvalue weighted by Crippen LogP contribution is 2.26. The number of hydrogen-bond acceptors (Lipinski definition) is 2. The van der Waals surface area contributed by atoms with E-state index < -0.39 is 5.97 Å². The molecule has 1 aliphatic rings. The van der Waals surface area contributed by atoms with E-state index in [1.54, 1.807) is 18.2 Å². The maximum absolute atomic E-state index is 11.4. The van der Waals surface area contributed by atoms with Gasteiger partial charge in [0, 0.05) is 6.54 Å². The third-order valence-electron chi connectivity index (χ3n) is 2.62. The Hall–Kier alpha value is -1.84. The van der Waals surface area contributed by atoms with Gasteiger partial charge in [-0.15, -0.1) is 0 Å². The van der Waals surface area contributed by atoms with Crippen molar-refractivity contribution in [1.82, 2.24) is 5.32 Å². The lowest BCUT2D eigenvalue weighted by Crippen LogP contribution is -2.19. The number of carbonyl (C=O) groups is 2. The van der Waals surface area contributed by atoms with Gasteiger partial charge >= 0.3 is 5.97 Å². The van der Waals surface area contributed by atoms with Crippen molar-refractivity contribution in [1.29, 1.82) is 0 Å². The standard InChI is InChI=1S/C11H11NO3/c13-10-8(5-6-12-10)7-3-1-2-4-9(7)11(14)15/h1-4,8H,5-6H2,(H,12,13)(H,14,15). The minimum Gasteiger partial charge on any atom is -0.478 e. The summed E-state index contributed by atoms with van der Waals surface area (Å²) in [6.07, 6.45) is 0.670. The summed E-state index contributed by atoms with van der Waals surface area (Å²) in [7, 11) is 0. The highest BCUT2D eigenvalue weighted by atomic mass is 16.4. The summed E-state index contributed by atoms with van der Waals surface area (Å²) in [5.74, 6) is -1.37. The van der Waals surface area contributed by atoms with Crippen LogP contribution in [0.1, 0.15) is 28.3 Å². The monoisotopic (exact) mass is 205 g/mol. The van der Waals surface area contributed by atoms with Crippen LogP contribution in [-0.4, -0.2) is 23.5 Å². The molecule has 0 aliphatic carbocycles. The van der Waals surface area contributed by atoms with E-state index in [0.29, 0.717) is 18.5 Å². The Morgan fingerprint density at radius 1 is 1.40 bits per heavy atom. The second kappa shape index (κ2) is 3.73. The van der Waals surface area contributed by atoms with Crippen LogP contribution in [0.4, 0.5) is 0 Å². The summed E-state index contributed by atoms with van der Waals surface area (Å²) in [5, 5.41) is 11.7. The summed E-state index contributed by atoms with van der Waals surface area (Å²) in [4.78, 5) is 22.4. The Morgan fingerprint density at radius 3 is 2.73 bits per heavy atom. The molecule has 0 bridgehead atoms. The number of nitrogens with one attached hydrogen (secondary N) is 1. The van der Waals surface area contributed by atoms with Gasteiger partial charge in [-0.1, -0.05) is 18.2 Å². The quantitative estimate of drug-likeness (QED) is 0.756. The summed E-state index contributed by atoms with van der Waals surface area (Å²) >= 11 is 0. The van der Waals surface area contributed by atoms with Crippen molar-refractivity contribution >= 4 is 11.9 Å². The van der Waals surface area contributed by atoms with Crippen LogP contribution in [0.5, 0.6) is 0 Å². The van der Waals surface area contributed by atoms with Gasteiger partial charge in [0.05, 0.1) is 11.5 Å². The van der Waals surface area contributed by atoms with Crippen LogP contribution in [0.25, 0.3) is 0 Å². The van der Waals surface area contributed by atoms with Crippen LogP contribution < -0.4 is 5.32 Å². The van der Waals surface area contributed by atoms with Crippen molar-refractivity contribution in [3.63, 3.8) is 0 Å². The molecule has 1 heterocycles. The highest BCUT2D eigenvalue weighted by Gasteiger charge is 2.28. The lowest BCUT2D eigenvalue weighted by molar-refractivity contribution is -0.120. The van der Waals surface area contributed by atoms with Crippen molar-refractivity contribution < 1.29 is 14.7 Å². The van der Waals surface area contributed by atoms with Crippen LogP contribution in [-0.2, 0) is 4.79 Å². The second-order valence-electron chi connectivity index (χ2n) is 3.52. The van der Waals surface area contributed by atoms with Gasteiger partial charge in [-0.05, 0) is 18.1 Å². The molecule has 0 saturated carbocycles. The van der Waals surface area contributed by atoms with E-state index in [1.165, 1.54) is 6.07 Å². The zero-order chi connectivity index (χ0) is 10.8. The first-order valence-electron chi connectivity index (χ1n) is 4.80. The van der Waals surface area contributed by atoms with Gasteiger partial charge in [-0.3, -0.25) is 4.79 Å². The van der Waals surface area contributed by atoms with E-state index in [4.69, 9.17) is 5.11 Å². The molecule has 1 aliphatic heterocycles. The predicted octanol–water partition coefficient (Wildman–Crippen LogP) is 0.988. The Labute approximate surface area is 86.9 Å². The molecule has 4 heteroatoms. The van der Waals surface area contributed by atoms with Crippen molar-refractivity contribution in [2.45, 2.75) is 12.3 Å². The fourth-order valence-corrected chi connectivity index (χ4v) is 1.89. The molecule has 1 unspecified atom stereocenters. The first kappa shape index (κ1) is 9.71. The fraction of sp³-hybridized carbons (Fsp3) is 0.273. The molecule has 1 fully saturated rings. The highest BCUT2D eigenvalue weighted by molar-refractivity contribution is 5.94. The minimum atomic E-state index is -0.981. The second-order valence-corrected chi connectivity index (χ2v) is 3.52. The molecule has 1 atom stereocenters. The predicted molar refractivity (Wildman–Crippen MR) is 53.8 cm³/mol. The normalized spacial score (nSPS) is 20.0. The molecule has 1 saturated heterocycles. The van der Waals surface area contributed by atoms with E-state index in [0.717, 1.165) is 0 Å². The van der Waals surface area contributed by atoms with Crippen molar-refractivity contribution in [2.75, 3.05) is 6.54 Å². The minimum absolute atomic E-state index is 0.0799. The van der Waals surface area contributed by atoms with Crippen LogP contribution in [0, 0.1) is 0 Å². The molecular weight excluding hydrogens is 194 g/mol. The van der Waals surface area contributed by atoms with Gasteiger partial charge in [0.15, 0.2) is 0 Å². The molecular formula is C11H11NO3. The van der Waals surface area contributed by atoms with E-state index >= 15 is 0 Å². The topological polar surface area (TPSA) is 66.4 Å². The average Bonchev–Trinajstić information content (AvgIpc) is 2.64. The number of benzene rings is 1. The van der Waals surface area contributed by atoms with Crippen molar-refractivity contribution in [2.24, 2.45) is 0 Å². The third-order valence-corrected chi connectivity index (χ3v) is 2.62. The Balaban J connectivity index is 2.42. The maximum atomic E-state index is 11.4. The van der Waals surface area contributed by atoms with Gasteiger partial charge in [-0.2, -0.15) is 0 Å². The van der Waals surface area contributed by atoms with Gasteiger partial charge in [0.1, 0.15) is 0 Å². The van der Waals surface area contributed by atoms with Crippen LogP contribution in [0.3, 0.4) is 0 Å². The number of rotatable bonds is 2. The molecule has 15 heavy (non-hydrogen) atoms. The first-order valence-corrected chi connectivity index (χ1v) is 4.80. The van der Waals surface area contributed by atoms with Crippen molar-refractivity contribution in [3.8, 4) is 0 Å². The largest absolute Gasteiger partial charge is 0.478 e. The smallest absolute Gasteiger partial charge is 0.335 e. The Morgan fingerprint density at radius 2 is 2.13 bits per heavy atom. The van der Waals surface area contributed by atoms with Crippen LogP contribution in [0.15, 0.2) is 24.3 Å². The summed E-state index contributed by atoms with van der Waals surface area (Å²) in [6.45, 7) is 0.622. The number of carboxylic acid groups (broad SMARTS) is 1. The number of carboxylic acids is 1. The summed E-state index contributed by atoms with van der Waals surface area (Å²) < 4.78 is 0. The Bertz CT molecular complexity index is 414. The molecule has 4 nitrogen and oxygen atoms in total. The molecule has 0 aromatic heterocycles. The molecule has 2 N–H and O–H groups in total. The molecule has 1 amide bonds. The number of aromatic carboxylic acids is 1. The molecule has 2 rings (SSSR count). The summed E-state index contributed by atoms with van der Waals surface area (Å²) in [5.41, 5.74) is 0.833.